The van der Waals surface area contributed by atoms with Gasteiger partial charge in [-0.3, -0.25) is 4.98 Å². The van der Waals surface area contributed by atoms with E-state index in [4.69, 9.17) is 11.6 Å². The fourth-order valence-corrected chi connectivity index (χ4v) is 2.31. The van der Waals surface area contributed by atoms with Crippen LogP contribution in [0.5, 0.6) is 0 Å². The van der Waals surface area contributed by atoms with Crippen molar-refractivity contribution >= 4 is 17.2 Å². The van der Waals surface area contributed by atoms with Gasteiger partial charge in [-0.25, -0.2) is 4.98 Å². The molecule has 0 amide bonds. The Labute approximate surface area is 110 Å². The topological polar surface area (TPSA) is 30.2 Å². The fourth-order valence-electron chi connectivity index (χ4n) is 2.06. The van der Waals surface area contributed by atoms with Crippen molar-refractivity contribution in [1.82, 2.24) is 14.4 Å². The summed E-state index contributed by atoms with van der Waals surface area (Å²) >= 11 is 6.06. The number of nitrogens with zero attached hydrogens (tertiary/aromatic N) is 3. The monoisotopic (exact) mass is 257 g/mol. The number of hydrogen-bond acceptors (Lipinski definition) is 2. The number of fused-ring (bicyclic) bond motifs is 1. The van der Waals surface area contributed by atoms with Gasteiger partial charge < -0.3 is 4.40 Å². The van der Waals surface area contributed by atoms with Gasteiger partial charge in [0.15, 0.2) is 0 Å². The Kier molecular flexibility index (Phi) is 2.76. The second kappa shape index (κ2) is 4.42. The summed E-state index contributed by atoms with van der Waals surface area (Å²) in [6.45, 7) is 2.05. The van der Waals surface area contributed by atoms with Crippen LogP contribution < -0.4 is 0 Å². The largest absolute Gasteiger partial charge is 0.302 e. The van der Waals surface area contributed by atoms with E-state index in [1.807, 2.05) is 28.9 Å². The van der Waals surface area contributed by atoms with Crippen LogP contribution in [-0.2, 0) is 5.88 Å². The van der Waals surface area contributed by atoms with Gasteiger partial charge in [-0.1, -0.05) is 0 Å². The van der Waals surface area contributed by atoms with Crippen LogP contribution in [0.15, 0.2) is 42.9 Å². The molecule has 3 rings (SSSR count). The highest BCUT2D eigenvalue weighted by Gasteiger charge is 2.12. The Hall–Kier alpha value is -1.87. The van der Waals surface area contributed by atoms with Gasteiger partial charge in [0.1, 0.15) is 5.65 Å². The molecule has 0 aliphatic heterocycles. The summed E-state index contributed by atoms with van der Waals surface area (Å²) in [6.07, 6.45) is 5.57. The molecule has 90 valence electrons. The first kappa shape index (κ1) is 11.2. The van der Waals surface area contributed by atoms with Gasteiger partial charge >= 0.3 is 0 Å². The van der Waals surface area contributed by atoms with Crippen molar-refractivity contribution < 1.29 is 0 Å². The van der Waals surface area contributed by atoms with Gasteiger partial charge in [0.05, 0.1) is 17.3 Å². The third-order valence-electron chi connectivity index (χ3n) is 2.94. The molecular weight excluding hydrogens is 246 g/mol. The number of halogens is 1. The minimum Gasteiger partial charge on any atom is -0.302 e. The quantitative estimate of drug-likeness (QED) is 0.659. The molecule has 3 aromatic rings. The van der Waals surface area contributed by atoms with Crippen LogP contribution in [0, 0.1) is 6.92 Å². The highest BCUT2D eigenvalue weighted by molar-refractivity contribution is 6.17. The molecule has 3 aromatic heterocycles. The molecule has 0 fully saturated rings. The molecule has 0 aromatic carbocycles. The van der Waals surface area contributed by atoms with E-state index in [9.17, 15) is 0 Å². The van der Waals surface area contributed by atoms with E-state index in [2.05, 4.69) is 29.0 Å². The first-order valence-corrected chi connectivity index (χ1v) is 6.27. The predicted molar refractivity (Wildman–Crippen MR) is 72.7 cm³/mol. The SMILES string of the molecule is Cc1ccn2c(CCl)c(-c3cccnc3)nc2c1. The lowest BCUT2D eigenvalue weighted by molar-refractivity contribution is 1.08. The first-order chi connectivity index (χ1) is 8.79. The van der Waals surface area contributed by atoms with Crippen molar-refractivity contribution in [3.05, 3.63) is 54.1 Å². The maximum Gasteiger partial charge on any atom is 0.137 e. The van der Waals surface area contributed by atoms with E-state index in [1.165, 1.54) is 5.56 Å². The first-order valence-electron chi connectivity index (χ1n) is 5.73. The molecule has 0 N–H and O–H groups in total. The van der Waals surface area contributed by atoms with E-state index in [-0.39, 0.29) is 0 Å². The highest BCUT2D eigenvalue weighted by Crippen LogP contribution is 2.25. The van der Waals surface area contributed by atoms with E-state index in [1.54, 1.807) is 6.20 Å². The molecule has 0 spiro atoms. The van der Waals surface area contributed by atoms with E-state index >= 15 is 0 Å². The molecule has 0 atom stereocenters. The van der Waals surface area contributed by atoms with E-state index in [0.717, 1.165) is 22.6 Å². The van der Waals surface area contributed by atoms with Crippen LogP contribution in [0.2, 0.25) is 0 Å². The molecule has 18 heavy (non-hydrogen) atoms. The lowest BCUT2D eigenvalue weighted by atomic mass is 10.2. The fraction of sp³-hybridized carbons (Fsp3) is 0.143. The van der Waals surface area contributed by atoms with Gasteiger partial charge in [-0.05, 0) is 36.8 Å². The summed E-state index contributed by atoms with van der Waals surface area (Å²) in [5.41, 5.74) is 5.01. The van der Waals surface area contributed by atoms with Gasteiger partial charge in [0, 0.05) is 24.2 Å². The summed E-state index contributed by atoms with van der Waals surface area (Å²) in [5, 5.41) is 0. The van der Waals surface area contributed by atoms with Crippen molar-refractivity contribution in [2.45, 2.75) is 12.8 Å². The van der Waals surface area contributed by atoms with Crippen molar-refractivity contribution in [2.24, 2.45) is 0 Å². The number of aryl methyl sites for hydroxylation is 1. The minimum atomic E-state index is 0.425. The third kappa shape index (κ3) is 1.77. The lowest BCUT2D eigenvalue weighted by Crippen LogP contribution is -1.91. The van der Waals surface area contributed by atoms with E-state index < -0.39 is 0 Å². The number of rotatable bonds is 2. The second-order valence-electron chi connectivity index (χ2n) is 4.21. The molecule has 0 aliphatic carbocycles. The maximum absolute atomic E-state index is 6.06. The van der Waals surface area contributed by atoms with Crippen molar-refractivity contribution in [2.75, 3.05) is 0 Å². The second-order valence-corrected chi connectivity index (χ2v) is 4.48. The van der Waals surface area contributed by atoms with Crippen molar-refractivity contribution in [1.29, 1.82) is 0 Å². The average molecular weight is 258 g/mol. The third-order valence-corrected chi connectivity index (χ3v) is 3.20. The van der Waals surface area contributed by atoms with E-state index in [0.29, 0.717) is 5.88 Å². The van der Waals surface area contributed by atoms with Crippen LogP contribution in [0.25, 0.3) is 16.9 Å². The Balaban J connectivity index is 2.29. The smallest absolute Gasteiger partial charge is 0.137 e. The molecule has 3 heterocycles. The van der Waals surface area contributed by atoms with Crippen molar-refractivity contribution in [3.63, 3.8) is 0 Å². The molecule has 0 radical (unpaired) electrons. The van der Waals surface area contributed by atoms with Crippen molar-refractivity contribution in [3.8, 4) is 11.3 Å². The number of hydrogen-bond donors (Lipinski definition) is 0. The normalized spacial score (nSPS) is 11.0. The van der Waals surface area contributed by atoms with Crippen LogP contribution in [0.1, 0.15) is 11.3 Å². The summed E-state index contributed by atoms with van der Waals surface area (Å²) in [4.78, 5) is 8.78. The summed E-state index contributed by atoms with van der Waals surface area (Å²) in [5.74, 6) is 0.425. The van der Waals surface area contributed by atoms with Gasteiger partial charge in [-0.15, -0.1) is 11.6 Å². The predicted octanol–water partition coefficient (Wildman–Crippen LogP) is 3.44. The van der Waals surface area contributed by atoms with Crippen LogP contribution >= 0.6 is 11.6 Å². The summed E-state index contributed by atoms with van der Waals surface area (Å²) < 4.78 is 2.03. The molecule has 0 unspecified atom stereocenters. The standard InChI is InChI=1S/C14H12ClN3/c1-10-4-6-18-12(8-15)14(17-13(18)7-10)11-3-2-5-16-9-11/h2-7,9H,8H2,1H3. The number of imidazole rings is 1. The minimum absolute atomic E-state index is 0.425. The summed E-state index contributed by atoms with van der Waals surface area (Å²) in [7, 11) is 0. The number of pyridine rings is 2. The Bertz CT molecular complexity index is 689. The van der Waals surface area contributed by atoms with Gasteiger partial charge in [0.25, 0.3) is 0 Å². The number of alkyl halides is 1. The Morgan fingerprint density at radius 3 is 2.94 bits per heavy atom. The zero-order chi connectivity index (χ0) is 12.5. The zero-order valence-electron chi connectivity index (χ0n) is 9.97. The lowest BCUT2D eigenvalue weighted by Gasteiger charge is -2.01. The molecule has 4 heteroatoms. The molecule has 0 aliphatic rings. The Morgan fingerprint density at radius 1 is 1.33 bits per heavy atom. The molecule has 0 saturated heterocycles. The molecule has 0 bridgehead atoms. The number of aromatic nitrogens is 3. The van der Waals surface area contributed by atoms with Crippen LogP contribution in [0.3, 0.4) is 0 Å². The Morgan fingerprint density at radius 2 is 2.22 bits per heavy atom. The van der Waals surface area contributed by atoms with Crippen LogP contribution in [-0.4, -0.2) is 14.4 Å². The molecular formula is C14H12ClN3. The summed E-state index contributed by atoms with van der Waals surface area (Å²) in [6, 6.07) is 8.01. The molecule has 0 saturated carbocycles. The van der Waals surface area contributed by atoms with Crippen LogP contribution in [0.4, 0.5) is 0 Å². The highest BCUT2D eigenvalue weighted by atomic mass is 35.5. The van der Waals surface area contributed by atoms with Gasteiger partial charge in [-0.2, -0.15) is 0 Å². The maximum atomic E-state index is 6.06. The van der Waals surface area contributed by atoms with Gasteiger partial charge in [0.2, 0.25) is 0 Å². The average Bonchev–Trinajstić information content (AvgIpc) is 2.77. The molecule has 3 nitrogen and oxygen atoms in total. The zero-order valence-corrected chi connectivity index (χ0v) is 10.7.